The smallest absolute Gasteiger partial charge is 0.243 e. The van der Waals surface area contributed by atoms with Gasteiger partial charge < -0.3 is 21.7 Å². The Labute approximate surface area is 153 Å². The Bertz CT molecular complexity index is 615. The van der Waals surface area contributed by atoms with Crippen LogP contribution in [0.5, 0.6) is 0 Å². The van der Waals surface area contributed by atoms with E-state index in [1.54, 1.807) is 24.3 Å². The van der Waals surface area contributed by atoms with Crippen LogP contribution < -0.4 is 21.7 Å². The minimum absolute atomic E-state index is 0. The molecule has 1 saturated carbocycles. The van der Waals surface area contributed by atoms with Gasteiger partial charge in [0.2, 0.25) is 17.7 Å². The normalized spacial score (nSPS) is 14.2. The topological polar surface area (TPSA) is 113 Å². The van der Waals surface area contributed by atoms with Crippen molar-refractivity contribution in [1.82, 2.24) is 5.32 Å². The number of carbonyl (C=O) groups excluding carboxylic acids is 3. The number of halogens is 1. The molecule has 138 valence electrons. The molecule has 0 bridgehead atoms. The van der Waals surface area contributed by atoms with Gasteiger partial charge in [-0.05, 0) is 43.0 Å². The van der Waals surface area contributed by atoms with E-state index in [9.17, 15) is 14.4 Å². The molecule has 2 rings (SSSR count). The van der Waals surface area contributed by atoms with E-state index in [4.69, 9.17) is 5.73 Å². The summed E-state index contributed by atoms with van der Waals surface area (Å²) >= 11 is 0. The highest BCUT2D eigenvalue weighted by molar-refractivity contribution is 5.96. The Morgan fingerprint density at radius 1 is 1.08 bits per heavy atom. The second kappa shape index (κ2) is 9.39. The summed E-state index contributed by atoms with van der Waals surface area (Å²) in [6.07, 6.45) is 1.90. The molecule has 0 aromatic heterocycles. The lowest BCUT2D eigenvalue weighted by Gasteiger charge is -2.15. The third-order valence-electron chi connectivity index (χ3n) is 3.83. The van der Waals surface area contributed by atoms with Crippen LogP contribution in [0.3, 0.4) is 0 Å². The minimum Gasteiger partial charge on any atom is -0.346 e. The van der Waals surface area contributed by atoms with Gasteiger partial charge in [-0.2, -0.15) is 0 Å². The zero-order chi connectivity index (χ0) is 17.7. The fraction of sp³-hybridized carbons (Fsp3) is 0.471. The lowest BCUT2D eigenvalue weighted by Crippen LogP contribution is -2.46. The summed E-state index contributed by atoms with van der Waals surface area (Å²) in [6, 6.07) is 6.21. The predicted molar refractivity (Wildman–Crippen MR) is 99.5 cm³/mol. The maximum atomic E-state index is 11.8. The first-order chi connectivity index (χ1) is 11.4. The molecule has 8 heteroatoms. The summed E-state index contributed by atoms with van der Waals surface area (Å²) in [5.74, 6) is -0.500. The molecule has 0 spiro atoms. The molecule has 3 amide bonds. The van der Waals surface area contributed by atoms with Crippen LogP contribution in [0.2, 0.25) is 0 Å². The van der Waals surface area contributed by atoms with E-state index in [0.29, 0.717) is 11.4 Å². The number of rotatable bonds is 7. The average molecular weight is 369 g/mol. The first kappa shape index (κ1) is 20.9. The summed E-state index contributed by atoms with van der Waals surface area (Å²) in [5.41, 5.74) is 6.99. The van der Waals surface area contributed by atoms with Crippen LogP contribution in [0.4, 0.5) is 11.4 Å². The zero-order valence-corrected chi connectivity index (χ0v) is 15.2. The molecule has 5 N–H and O–H groups in total. The number of hydrogen-bond donors (Lipinski definition) is 4. The molecule has 1 aliphatic carbocycles. The summed E-state index contributed by atoms with van der Waals surface area (Å²) < 4.78 is 0. The molecular formula is C17H25ClN4O3. The molecule has 7 nitrogen and oxygen atoms in total. The Kier molecular flexibility index (Phi) is 7.86. The van der Waals surface area contributed by atoms with Gasteiger partial charge in [0.1, 0.15) is 0 Å². The number of anilines is 2. The Hall–Kier alpha value is -2.12. The third kappa shape index (κ3) is 6.72. The molecule has 0 radical (unpaired) electrons. The van der Waals surface area contributed by atoms with Crippen molar-refractivity contribution >= 4 is 41.5 Å². The van der Waals surface area contributed by atoms with Gasteiger partial charge in [0, 0.05) is 17.3 Å². The van der Waals surface area contributed by atoms with Crippen LogP contribution in [0.15, 0.2) is 24.3 Å². The van der Waals surface area contributed by atoms with Crippen molar-refractivity contribution < 1.29 is 14.4 Å². The van der Waals surface area contributed by atoms with Gasteiger partial charge in [-0.15, -0.1) is 12.4 Å². The molecule has 1 aromatic carbocycles. The molecule has 0 unspecified atom stereocenters. The second-order valence-electron chi connectivity index (χ2n) is 6.38. The van der Waals surface area contributed by atoms with Gasteiger partial charge >= 0.3 is 0 Å². The molecule has 0 aliphatic heterocycles. The lowest BCUT2D eigenvalue weighted by atomic mass is 10.1. The van der Waals surface area contributed by atoms with E-state index in [1.807, 2.05) is 13.8 Å². The third-order valence-corrected chi connectivity index (χ3v) is 3.83. The Morgan fingerprint density at radius 3 is 2.08 bits per heavy atom. The molecule has 0 heterocycles. The summed E-state index contributed by atoms with van der Waals surface area (Å²) in [7, 11) is 0. The zero-order valence-electron chi connectivity index (χ0n) is 14.4. The largest absolute Gasteiger partial charge is 0.346 e. The molecule has 25 heavy (non-hydrogen) atoms. The second-order valence-corrected chi connectivity index (χ2v) is 6.38. The first-order valence-electron chi connectivity index (χ1n) is 8.11. The summed E-state index contributed by atoms with van der Waals surface area (Å²) in [5, 5.41) is 8.01. The van der Waals surface area contributed by atoms with Gasteiger partial charge in [0.25, 0.3) is 0 Å². The van der Waals surface area contributed by atoms with Gasteiger partial charge in [-0.1, -0.05) is 13.8 Å². The van der Waals surface area contributed by atoms with Gasteiger partial charge in [-0.3, -0.25) is 14.4 Å². The van der Waals surface area contributed by atoms with Crippen LogP contribution in [0.25, 0.3) is 0 Å². The molecule has 1 aliphatic rings. The van der Waals surface area contributed by atoms with Crippen molar-refractivity contribution in [3.63, 3.8) is 0 Å². The van der Waals surface area contributed by atoms with E-state index in [-0.39, 0.29) is 48.5 Å². The van der Waals surface area contributed by atoms with E-state index in [2.05, 4.69) is 16.0 Å². The van der Waals surface area contributed by atoms with Crippen molar-refractivity contribution in [1.29, 1.82) is 0 Å². The number of nitrogens with two attached hydrogens (primary N) is 1. The fourth-order valence-electron chi connectivity index (χ4n) is 2.02. The first-order valence-corrected chi connectivity index (χ1v) is 8.11. The molecule has 1 aromatic rings. The van der Waals surface area contributed by atoms with Crippen LogP contribution in [0, 0.1) is 11.8 Å². The van der Waals surface area contributed by atoms with Crippen LogP contribution in [0.1, 0.15) is 26.7 Å². The van der Waals surface area contributed by atoms with Crippen molar-refractivity contribution in [2.45, 2.75) is 32.7 Å². The van der Waals surface area contributed by atoms with E-state index < -0.39 is 6.04 Å². The van der Waals surface area contributed by atoms with Gasteiger partial charge in [0.15, 0.2) is 0 Å². The number of nitrogens with one attached hydrogen (secondary N) is 3. The van der Waals surface area contributed by atoms with Gasteiger partial charge in [-0.25, -0.2) is 0 Å². The lowest BCUT2D eigenvalue weighted by molar-refractivity contribution is -0.125. The maximum Gasteiger partial charge on any atom is 0.243 e. The number of carbonyl (C=O) groups is 3. The van der Waals surface area contributed by atoms with E-state index in [0.717, 1.165) is 12.8 Å². The van der Waals surface area contributed by atoms with Crippen LogP contribution in [-0.4, -0.2) is 30.3 Å². The highest BCUT2D eigenvalue weighted by Gasteiger charge is 2.29. The fourth-order valence-corrected chi connectivity index (χ4v) is 2.02. The van der Waals surface area contributed by atoms with Crippen LogP contribution >= 0.6 is 12.4 Å². The minimum atomic E-state index is -0.632. The van der Waals surface area contributed by atoms with Gasteiger partial charge in [0.05, 0.1) is 12.6 Å². The Balaban J connectivity index is 0.00000312. The number of amides is 3. The Morgan fingerprint density at radius 2 is 1.60 bits per heavy atom. The maximum absolute atomic E-state index is 11.8. The van der Waals surface area contributed by atoms with Crippen molar-refractivity contribution in [3.05, 3.63) is 24.3 Å². The number of hydrogen-bond acceptors (Lipinski definition) is 4. The monoisotopic (exact) mass is 368 g/mol. The predicted octanol–water partition coefficient (Wildman–Crippen LogP) is 1.49. The highest BCUT2D eigenvalue weighted by Crippen LogP contribution is 2.30. The summed E-state index contributed by atoms with van der Waals surface area (Å²) in [6.45, 7) is 3.54. The van der Waals surface area contributed by atoms with E-state index >= 15 is 0 Å². The quantitative estimate of drug-likeness (QED) is 0.584. The van der Waals surface area contributed by atoms with Crippen molar-refractivity contribution in [3.8, 4) is 0 Å². The molecule has 0 saturated heterocycles. The standard InChI is InChI=1S/C17H24N4O3.ClH/c1-10(2)15(18)17(24)19-9-14(22)20-12-5-7-13(8-6-12)21-16(23)11-3-4-11;/h5-8,10-11,15H,3-4,9,18H2,1-2H3,(H,19,24)(H,20,22)(H,21,23);1H/t15-;/m0./s1. The highest BCUT2D eigenvalue weighted by atomic mass is 35.5. The van der Waals surface area contributed by atoms with Crippen molar-refractivity contribution in [2.24, 2.45) is 17.6 Å². The molecular weight excluding hydrogens is 344 g/mol. The van der Waals surface area contributed by atoms with Crippen molar-refractivity contribution in [2.75, 3.05) is 17.2 Å². The average Bonchev–Trinajstić information content (AvgIpc) is 3.38. The van der Waals surface area contributed by atoms with Crippen LogP contribution in [-0.2, 0) is 14.4 Å². The van der Waals surface area contributed by atoms with E-state index in [1.165, 1.54) is 0 Å². The SMILES string of the molecule is CC(C)[C@H](N)C(=O)NCC(=O)Nc1ccc(NC(=O)C2CC2)cc1.Cl. The summed E-state index contributed by atoms with van der Waals surface area (Å²) in [4.78, 5) is 35.2. The molecule has 1 fully saturated rings. The number of benzene rings is 1. The molecule has 1 atom stereocenters.